The first-order valence-electron chi connectivity index (χ1n) is 8.81. The van der Waals surface area contributed by atoms with Gasteiger partial charge in [-0.25, -0.2) is 4.79 Å². The van der Waals surface area contributed by atoms with Gasteiger partial charge in [0.05, 0.1) is 18.4 Å². The van der Waals surface area contributed by atoms with Crippen molar-refractivity contribution in [3.8, 4) is 0 Å². The summed E-state index contributed by atoms with van der Waals surface area (Å²) in [7, 11) is 0. The maximum atomic E-state index is 11.6. The van der Waals surface area contributed by atoms with Gasteiger partial charge in [0.25, 0.3) is 0 Å². The third-order valence-corrected chi connectivity index (χ3v) is 6.69. The van der Waals surface area contributed by atoms with Crippen molar-refractivity contribution in [1.82, 2.24) is 4.90 Å². The standard InChI is InChI=1S/C14H13NO3S2.C7H8O/c16-11-6-12-15(11)13(14(17)18)9(8-20-12)7-19-10-4-2-1-3-5-10;8-6-7-4-2-1-3-5-7/h1-5,12H,6-8H2,(H,17,18);1-5,8H,6H2. The molecule has 28 heavy (non-hydrogen) atoms. The lowest BCUT2D eigenvalue weighted by Gasteiger charge is -2.44. The van der Waals surface area contributed by atoms with Crippen LogP contribution in [0.4, 0.5) is 0 Å². The average Bonchev–Trinajstić information content (AvgIpc) is 2.73. The summed E-state index contributed by atoms with van der Waals surface area (Å²) in [6.07, 6.45) is 0.459. The van der Waals surface area contributed by atoms with Crippen LogP contribution in [-0.2, 0) is 16.2 Å². The molecule has 2 N–H and O–H groups in total. The van der Waals surface area contributed by atoms with Gasteiger partial charge in [-0.1, -0.05) is 48.5 Å². The number of aliphatic hydroxyl groups is 1. The summed E-state index contributed by atoms with van der Waals surface area (Å²) in [6.45, 7) is 0.140. The maximum Gasteiger partial charge on any atom is 0.352 e. The van der Waals surface area contributed by atoms with Crippen LogP contribution in [0.3, 0.4) is 0 Å². The SMILES string of the molecule is O=C(O)C1=C(CSc2ccccc2)CSC2CC(=O)N12.OCc1ccccc1. The van der Waals surface area contributed by atoms with Crippen molar-refractivity contribution in [3.05, 3.63) is 77.5 Å². The van der Waals surface area contributed by atoms with E-state index in [0.29, 0.717) is 17.9 Å². The summed E-state index contributed by atoms with van der Waals surface area (Å²) >= 11 is 3.26. The predicted octanol–water partition coefficient (Wildman–Crippen LogP) is 3.60. The molecule has 0 aliphatic carbocycles. The zero-order chi connectivity index (χ0) is 19.9. The van der Waals surface area contributed by atoms with Crippen LogP contribution >= 0.6 is 23.5 Å². The van der Waals surface area contributed by atoms with Crippen molar-refractivity contribution in [2.75, 3.05) is 11.5 Å². The Morgan fingerprint density at radius 1 is 1.11 bits per heavy atom. The number of aliphatic hydroxyl groups excluding tert-OH is 1. The van der Waals surface area contributed by atoms with Gasteiger partial charge in [-0.15, -0.1) is 23.5 Å². The lowest BCUT2D eigenvalue weighted by Crippen LogP contribution is -2.54. The topological polar surface area (TPSA) is 77.8 Å². The van der Waals surface area contributed by atoms with E-state index in [9.17, 15) is 14.7 Å². The van der Waals surface area contributed by atoms with E-state index in [-0.39, 0.29) is 23.6 Å². The van der Waals surface area contributed by atoms with E-state index in [1.165, 1.54) is 4.90 Å². The van der Waals surface area contributed by atoms with E-state index in [0.717, 1.165) is 16.0 Å². The molecular formula is C21H21NO4S2. The Kier molecular flexibility index (Phi) is 7.19. The predicted molar refractivity (Wildman–Crippen MR) is 112 cm³/mol. The molecule has 2 aliphatic rings. The molecule has 1 unspecified atom stereocenters. The second-order valence-electron chi connectivity index (χ2n) is 6.24. The molecule has 0 saturated carbocycles. The van der Waals surface area contributed by atoms with Gasteiger partial charge in [-0.05, 0) is 23.3 Å². The molecule has 0 aromatic heterocycles. The zero-order valence-corrected chi connectivity index (χ0v) is 16.8. The van der Waals surface area contributed by atoms with Gasteiger partial charge in [-0.3, -0.25) is 9.69 Å². The number of amides is 1. The summed E-state index contributed by atoms with van der Waals surface area (Å²) in [5, 5.41) is 17.9. The second-order valence-corrected chi connectivity index (χ2v) is 8.45. The molecule has 1 atom stereocenters. The number of benzene rings is 2. The minimum Gasteiger partial charge on any atom is -0.477 e. The fourth-order valence-corrected chi connectivity index (χ4v) is 5.18. The number of carboxylic acid groups (broad SMARTS) is 1. The van der Waals surface area contributed by atoms with Gasteiger partial charge in [0, 0.05) is 16.4 Å². The van der Waals surface area contributed by atoms with Crippen LogP contribution in [0.15, 0.2) is 76.8 Å². The zero-order valence-electron chi connectivity index (χ0n) is 15.2. The second kappa shape index (κ2) is 9.82. The van der Waals surface area contributed by atoms with Gasteiger partial charge >= 0.3 is 5.97 Å². The Bertz CT molecular complexity index is 855. The van der Waals surface area contributed by atoms with Crippen LogP contribution in [0, 0.1) is 0 Å². The highest BCUT2D eigenvalue weighted by Crippen LogP contribution is 2.41. The molecule has 4 rings (SSSR count). The van der Waals surface area contributed by atoms with E-state index in [4.69, 9.17) is 5.11 Å². The first kappa shape index (κ1) is 20.5. The molecule has 1 fully saturated rings. The van der Waals surface area contributed by atoms with E-state index >= 15 is 0 Å². The third kappa shape index (κ3) is 4.98. The maximum absolute atomic E-state index is 11.6. The molecule has 2 aromatic carbocycles. The number of rotatable bonds is 5. The van der Waals surface area contributed by atoms with E-state index < -0.39 is 5.97 Å². The van der Waals surface area contributed by atoms with E-state index in [1.54, 1.807) is 23.5 Å². The number of carbonyl (C=O) groups excluding carboxylic acids is 1. The highest BCUT2D eigenvalue weighted by atomic mass is 32.2. The normalized spacial score (nSPS) is 18.0. The molecule has 0 bridgehead atoms. The number of fused-ring (bicyclic) bond motifs is 1. The molecule has 5 nitrogen and oxygen atoms in total. The molecule has 0 radical (unpaired) electrons. The van der Waals surface area contributed by atoms with Crippen molar-refractivity contribution in [2.24, 2.45) is 0 Å². The molecular weight excluding hydrogens is 394 g/mol. The molecule has 2 aliphatic heterocycles. The first-order chi connectivity index (χ1) is 13.6. The number of hydrogen-bond donors (Lipinski definition) is 2. The van der Waals surface area contributed by atoms with Gasteiger partial charge in [0.2, 0.25) is 5.91 Å². The molecule has 2 heterocycles. The monoisotopic (exact) mass is 415 g/mol. The Hall–Kier alpha value is -2.22. The summed E-state index contributed by atoms with van der Waals surface area (Å²) in [5.74, 6) is 0.222. The fraction of sp³-hybridized carbons (Fsp3) is 0.238. The summed E-state index contributed by atoms with van der Waals surface area (Å²) < 4.78 is 0. The van der Waals surface area contributed by atoms with Crippen molar-refractivity contribution in [2.45, 2.75) is 23.3 Å². The van der Waals surface area contributed by atoms with E-state index in [2.05, 4.69) is 0 Å². The Labute approximate surface area is 172 Å². The Balaban J connectivity index is 0.000000236. The minimum absolute atomic E-state index is 0.0269. The van der Waals surface area contributed by atoms with Crippen LogP contribution in [0.2, 0.25) is 0 Å². The first-order valence-corrected chi connectivity index (χ1v) is 10.8. The number of hydrogen-bond acceptors (Lipinski definition) is 5. The van der Waals surface area contributed by atoms with Crippen molar-refractivity contribution < 1.29 is 19.8 Å². The molecule has 146 valence electrons. The van der Waals surface area contributed by atoms with Crippen molar-refractivity contribution in [1.29, 1.82) is 0 Å². The number of nitrogens with zero attached hydrogens (tertiary/aromatic N) is 1. The number of aliphatic carboxylic acids is 1. The van der Waals surface area contributed by atoms with Crippen LogP contribution in [-0.4, -0.2) is 43.9 Å². The van der Waals surface area contributed by atoms with Gasteiger partial charge in [0.15, 0.2) is 0 Å². The minimum atomic E-state index is -0.994. The quantitative estimate of drug-likeness (QED) is 0.574. The fourth-order valence-electron chi connectivity index (χ4n) is 2.86. The highest BCUT2D eigenvalue weighted by molar-refractivity contribution is 8.01. The van der Waals surface area contributed by atoms with Crippen LogP contribution in [0.25, 0.3) is 0 Å². The number of carbonyl (C=O) groups is 2. The van der Waals surface area contributed by atoms with Gasteiger partial charge in [0.1, 0.15) is 5.70 Å². The molecule has 7 heteroatoms. The average molecular weight is 416 g/mol. The van der Waals surface area contributed by atoms with Gasteiger partial charge < -0.3 is 10.2 Å². The smallest absolute Gasteiger partial charge is 0.352 e. The summed E-state index contributed by atoms with van der Waals surface area (Å²) in [6, 6.07) is 19.4. The number of β-lactam (4-membered cyclic amide) rings is 1. The highest BCUT2D eigenvalue weighted by Gasteiger charge is 2.45. The Morgan fingerprint density at radius 3 is 2.29 bits per heavy atom. The lowest BCUT2D eigenvalue weighted by molar-refractivity contribution is -0.146. The van der Waals surface area contributed by atoms with Crippen LogP contribution < -0.4 is 0 Å². The largest absolute Gasteiger partial charge is 0.477 e. The molecule has 0 spiro atoms. The molecule has 2 aromatic rings. The number of thioether (sulfide) groups is 2. The Morgan fingerprint density at radius 2 is 1.75 bits per heavy atom. The number of carboxylic acids is 1. The summed E-state index contributed by atoms with van der Waals surface area (Å²) in [5.41, 5.74) is 2.00. The van der Waals surface area contributed by atoms with Crippen molar-refractivity contribution in [3.63, 3.8) is 0 Å². The van der Waals surface area contributed by atoms with E-state index in [1.807, 2.05) is 60.7 Å². The third-order valence-electron chi connectivity index (χ3n) is 4.32. The molecule has 1 amide bonds. The lowest BCUT2D eigenvalue weighted by atomic mass is 10.1. The summed E-state index contributed by atoms with van der Waals surface area (Å²) in [4.78, 5) is 25.6. The van der Waals surface area contributed by atoms with Crippen LogP contribution in [0.1, 0.15) is 12.0 Å². The van der Waals surface area contributed by atoms with Gasteiger partial charge in [-0.2, -0.15) is 0 Å². The van der Waals surface area contributed by atoms with Crippen LogP contribution in [0.5, 0.6) is 0 Å². The molecule has 1 saturated heterocycles. The van der Waals surface area contributed by atoms with Crippen molar-refractivity contribution >= 4 is 35.4 Å².